The molecule has 0 unspecified atom stereocenters. The Bertz CT molecular complexity index is 604. The third kappa shape index (κ3) is 3.12. The van der Waals surface area contributed by atoms with E-state index in [0.29, 0.717) is 12.1 Å². The Morgan fingerprint density at radius 2 is 2.21 bits per heavy atom. The molecule has 1 aromatic carbocycles. The molecule has 0 aliphatic rings. The predicted octanol–water partition coefficient (Wildman–Crippen LogP) is 1.70. The first-order valence-corrected chi connectivity index (χ1v) is 6.18. The van der Waals surface area contributed by atoms with Crippen LogP contribution < -0.4 is 11.1 Å². The molecule has 0 fully saturated rings. The number of nitrogens with two attached hydrogens (primary N) is 1. The number of amides is 1. The molecule has 4 nitrogen and oxygen atoms in total. The minimum absolute atomic E-state index is 0.0966. The van der Waals surface area contributed by atoms with Crippen molar-refractivity contribution in [2.45, 2.75) is 25.8 Å². The largest absolute Gasteiger partial charge is 0.361 e. The standard InChI is InChI=1S/C14H18FN3O/c1-14(2,8-16)18-13(19)5-9-7-17-12-6-10(15)3-4-11(9)12/h3-4,6-7,17H,5,8,16H2,1-2H3,(H,18,19). The molecule has 1 amide bonds. The summed E-state index contributed by atoms with van der Waals surface area (Å²) in [4.78, 5) is 14.9. The van der Waals surface area contributed by atoms with Crippen molar-refractivity contribution in [3.8, 4) is 0 Å². The quantitative estimate of drug-likeness (QED) is 0.785. The molecule has 5 heteroatoms. The average molecular weight is 263 g/mol. The van der Waals surface area contributed by atoms with E-state index in [2.05, 4.69) is 10.3 Å². The molecular weight excluding hydrogens is 245 g/mol. The fourth-order valence-electron chi connectivity index (χ4n) is 1.95. The van der Waals surface area contributed by atoms with Gasteiger partial charge in [0.2, 0.25) is 5.91 Å². The maximum atomic E-state index is 13.1. The van der Waals surface area contributed by atoms with Gasteiger partial charge in [0.1, 0.15) is 5.82 Å². The SMILES string of the molecule is CC(C)(CN)NC(=O)Cc1c[nH]c2cc(F)ccc12. The number of hydrogen-bond acceptors (Lipinski definition) is 2. The first-order valence-electron chi connectivity index (χ1n) is 6.18. The second kappa shape index (κ2) is 5.01. The van der Waals surface area contributed by atoms with Gasteiger partial charge in [0.25, 0.3) is 0 Å². The van der Waals surface area contributed by atoms with E-state index in [1.165, 1.54) is 12.1 Å². The summed E-state index contributed by atoms with van der Waals surface area (Å²) in [7, 11) is 0. The number of nitrogens with one attached hydrogen (secondary N) is 2. The molecule has 0 aliphatic heterocycles. The van der Waals surface area contributed by atoms with Crippen LogP contribution in [0.2, 0.25) is 0 Å². The van der Waals surface area contributed by atoms with Gasteiger partial charge < -0.3 is 16.0 Å². The normalized spacial score (nSPS) is 11.8. The van der Waals surface area contributed by atoms with Gasteiger partial charge in [-0.15, -0.1) is 0 Å². The van der Waals surface area contributed by atoms with Crippen LogP contribution in [0.4, 0.5) is 4.39 Å². The monoisotopic (exact) mass is 263 g/mol. The van der Waals surface area contributed by atoms with E-state index >= 15 is 0 Å². The van der Waals surface area contributed by atoms with Crippen LogP contribution in [0.1, 0.15) is 19.4 Å². The second-order valence-corrected chi connectivity index (χ2v) is 5.32. The van der Waals surface area contributed by atoms with Crippen molar-refractivity contribution in [3.05, 3.63) is 35.8 Å². The van der Waals surface area contributed by atoms with Crippen molar-refractivity contribution in [2.24, 2.45) is 5.73 Å². The van der Waals surface area contributed by atoms with Crippen molar-refractivity contribution in [3.63, 3.8) is 0 Å². The number of aromatic amines is 1. The summed E-state index contributed by atoms with van der Waals surface area (Å²) in [5, 5.41) is 3.73. The highest BCUT2D eigenvalue weighted by Crippen LogP contribution is 2.19. The van der Waals surface area contributed by atoms with Crippen LogP contribution in [0.5, 0.6) is 0 Å². The van der Waals surface area contributed by atoms with Crippen molar-refractivity contribution in [2.75, 3.05) is 6.54 Å². The highest BCUT2D eigenvalue weighted by molar-refractivity contribution is 5.89. The van der Waals surface area contributed by atoms with E-state index in [9.17, 15) is 9.18 Å². The third-order valence-electron chi connectivity index (χ3n) is 3.07. The number of carbonyl (C=O) groups excluding carboxylic acids is 1. The first kappa shape index (κ1) is 13.5. The second-order valence-electron chi connectivity index (χ2n) is 5.32. The number of fused-ring (bicyclic) bond motifs is 1. The highest BCUT2D eigenvalue weighted by Gasteiger charge is 2.19. The zero-order valence-corrected chi connectivity index (χ0v) is 11.1. The van der Waals surface area contributed by atoms with Crippen LogP contribution in [-0.2, 0) is 11.2 Å². The molecule has 2 rings (SSSR count). The molecule has 2 aromatic rings. The van der Waals surface area contributed by atoms with Crippen molar-refractivity contribution < 1.29 is 9.18 Å². The topological polar surface area (TPSA) is 70.9 Å². The van der Waals surface area contributed by atoms with E-state index in [1.54, 1.807) is 12.3 Å². The van der Waals surface area contributed by atoms with Crippen LogP contribution in [0.3, 0.4) is 0 Å². The predicted molar refractivity (Wildman–Crippen MR) is 73.2 cm³/mol. The van der Waals surface area contributed by atoms with Crippen LogP contribution in [0.15, 0.2) is 24.4 Å². The molecule has 0 saturated heterocycles. The van der Waals surface area contributed by atoms with Crippen LogP contribution in [0, 0.1) is 5.82 Å². The Balaban J connectivity index is 2.16. The van der Waals surface area contributed by atoms with Gasteiger partial charge in [-0.1, -0.05) is 0 Å². The number of H-pyrrole nitrogens is 1. The molecular formula is C14H18FN3O. The highest BCUT2D eigenvalue weighted by atomic mass is 19.1. The van der Waals surface area contributed by atoms with Gasteiger partial charge in [-0.3, -0.25) is 4.79 Å². The lowest BCUT2D eigenvalue weighted by Gasteiger charge is -2.24. The zero-order valence-electron chi connectivity index (χ0n) is 11.1. The molecule has 0 atom stereocenters. The Morgan fingerprint density at radius 3 is 2.89 bits per heavy atom. The van der Waals surface area contributed by atoms with E-state index in [-0.39, 0.29) is 18.1 Å². The van der Waals surface area contributed by atoms with Crippen LogP contribution >= 0.6 is 0 Å². The summed E-state index contributed by atoms with van der Waals surface area (Å²) >= 11 is 0. The zero-order chi connectivity index (χ0) is 14.0. The van der Waals surface area contributed by atoms with Crippen LogP contribution in [-0.4, -0.2) is 23.0 Å². The summed E-state index contributed by atoms with van der Waals surface area (Å²) in [6.45, 7) is 4.11. The number of rotatable bonds is 4. The lowest BCUT2D eigenvalue weighted by Crippen LogP contribution is -2.49. The molecule has 1 heterocycles. The summed E-state index contributed by atoms with van der Waals surface area (Å²) < 4.78 is 13.1. The molecule has 0 saturated carbocycles. The number of hydrogen-bond donors (Lipinski definition) is 3. The average Bonchev–Trinajstić information content (AvgIpc) is 2.71. The van der Waals surface area contributed by atoms with E-state index in [1.807, 2.05) is 13.8 Å². The molecule has 4 N–H and O–H groups in total. The smallest absolute Gasteiger partial charge is 0.224 e. The summed E-state index contributed by atoms with van der Waals surface area (Å²) in [5.74, 6) is -0.393. The Kier molecular flexibility index (Phi) is 3.57. The lowest BCUT2D eigenvalue weighted by atomic mass is 10.0. The van der Waals surface area contributed by atoms with Gasteiger partial charge in [-0.25, -0.2) is 4.39 Å². The number of halogens is 1. The van der Waals surface area contributed by atoms with Crippen molar-refractivity contribution >= 4 is 16.8 Å². The number of benzene rings is 1. The van der Waals surface area contributed by atoms with E-state index in [0.717, 1.165) is 10.9 Å². The third-order valence-corrected chi connectivity index (χ3v) is 3.07. The lowest BCUT2D eigenvalue weighted by molar-refractivity contribution is -0.121. The minimum atomic E-state index is -0.421. The van der Waals surface area contributed by atoms with Gasteiger partial charge in [0, 0.05) is 29.2 Å². The first-order chi connectivity index (χ1) is 8.91. The van der Waals surface area contributed by atoms with Crippen molar-refractivity contribution in [1.82, 2.24) is 10.3 Å². The Labute approximate surface area is 111 Å². The molecule has 19 heavy (non-hydrogen) atoms. The summed E-state index contributed by atoms with van der Waals surface area (Å²) in [6.07, 6.45) is 1.98. The van der Waals surface area contributed by atoms with Gasteiger partial charge in [0.15, 0.2) is 0 Å². The molecule has 102 valence electrons. The van der Waals surface area contributed by atoms with Gasteiger partial charge in [-0.05, 0) is 37.6 Å². The maximum absolute atomic E-state index is 13.1. The molecule has 0 radical (unpaired) electrons. The Hall–Kier alpha value is -1.88. The molecule has 1 aromatic heterocycles. The maximum Gasteiger partial charge on any atom is 0.224 e. The number of aromatic nitrogens is 1. The fraction of sp³-hybridized carbons (Fsp3) is 0.357. The summed E-state index contributed by atoms with van der Waals surface area (Å²) in [5.41, 5.74) is 6.69. The summed E-state index contributed by atoms with van der Waals surface area (Å²) in [6, 6.07) is 4.49. The van der Waals surface area contributed by atoms with E-state index in [4.69, 9.17) is 5.73 Å². The molecule has 0 aliphatic carbocycles. The van der Waals surface area contributed by atoms with Gasteiger partial charge >= 0.3 is 0 Å². The Morgan fingerprint density at radius 1 is 1.47 bits per heavy atom. The molecule has 0 bridgehead atoms. The molecule has 0 spiro atoms. The van der Waals surface area contributed by atoms with Crippen LogP contribution in [0.25, 0.3) is 10.9 Å². The van der Waals surface area contributed by atoms with Gasteiger partial charge in [-0.2, -0.15) is 0 Å². The number of carbonyl (C=O) groups is 1. The van der Waals surface area contributed by atoms with Crippen molar-refractivity contribution in [1.29, 1.82) is 0 Å². The van der Waals surface area contributed by atoms with E-state index < -0.39 is 5.54 Å². The van der Waals surface area contributed by atoms with Gasteiger partial charge in [0.05, 0.1) is 6.42 Å². The fourth-order valence-corrected chi connectivity index (χ4v) is 1.95. The minimum Gasteiger partial charge on any atom is -0.361 e.